The molecule has 0 bridgehead atoms. The second-order valence-corrected chi connectivity index (χ2v) is 9.05. The van der Waals surface area contributed by atoms with E-state index in [0.29, 0.717) is 18.0 Å². The number of halogens is 1. The average molecular weight is 536 g/mol. The monoisotopic (exact) mass is 535 g/mol. The molecule has 0 amide bonds. The van der Waals surface area contributed by atoms with Crippen LogP contribution >= 0.6 is 35.3 Å². The van der Waals surface area contributed by atoms with Gasteiger partial charge in [0.15, 0.2) is 5.96 Å². The minimum absolute atomic E-state index is 0. The summed E-state index contributed by atoms with van der Waals surface area (Å²) >= 11 is 1.86. The highest BCUT2D eigenvalue weighted by Gasteiger charge is 2.26. The molecular weight excluding hydrogens is 497 g/mol. The Labute approximate surface area is 197 Å². The van der Waals surface area contributed by atoms with E-state index in [0.717, 1.165) is 45.4 Å². The summed E-state index contributed by atoms with van der Waals surface area (Å²) in [6.45, 7) is 12.5. The van der Waals surface area contributed by atoms with E-state index in [4.69, 9.17) is 4.74 Å². The zero-order valence-electron chi connectivity index (χ0n) is 18.1. The van der Waals surface area contributed by atoms with Crippen LogP contribution in [0.25, 0.3) is 0 Å². The topological polar surface area (TPSA) is 52.1 Å². The van der Waals surface area contributed by atoms with E-state index >= 15 is 0 Å². The number of ether oxygens (including phenoxy) is 1. The van der Waals surface area contributed by atoms with Crippen LogP contribution in [0, 0.1) is 5.92 Å². The number of nitrogens with zero attached hydrogens (tertiary/aromatic N) is 3. The van der Waals surface area contributed by atoms with Gasteiger partial charge in [0.25, 0.3) is 0 Å². The zero-order chi connectivity index (χ0) is 19.8. The SMILES string of the molecule is CN=C(NCC(c1cccs1)N1CCCC1)NCC(C(C)C)N1CCOCC1.I. The Morgan fingerprint density at radius 2 is 1.79 bits per heavy atom. The van der Waals surface area contributed by atoms with Gasteiger partial charge in [-0.1, -0.05) is 19.9 Å². The highest BCUT2D eigenvalue weighted by molar-refractivity contribution is 14.0. The van der Waals surface area contributed by atoms with Crippen LogP contribution in [-0.2, 0) is 4.74 Å². The lowest BCUT2D eigenvalue weighted by Gasteiger charge is -2.37. The maximum Gasteiger partial charge on any atom is 0.191 e. The molecule has 0 aromatic carbocycles. The predicted octanol–water partition coefficient (Wildman–Crippen LogP) is 3.02. The van der Waals surface area contributed by atoms with Crippen molar-refractivity contribution in [2.75, 3.05) is 59.5 Å². The van der Waals surface area contributed by atoms with Gasteiger partial charge < -0.3 is 15.4 Å². The first-order valence-corrected chi connectivity index (χ1v) is 11.6. The first-order chi connectivity index (χ1) is 13.7. The fourth-order valence-corrected chi connectivity index (χ4v) is 5.12. The fourth-order valence-electron chi connectivity index (χ4n) is 4.25. The van der Waals surface area contributed by atoms with Crippen LogP contribution in [0.4, 0.5) is 0 Å². The summed E-state index contributed by atoms with van der Waals surface area (Å²) in [6, 6.07) is 5.35. The molecule has 3 rings (SSSR count). The van der Waals surface area contributed by atoms with Gasteiger partial charge in [-0.15, -0.1) is 35.3 Å². The Bertz CT molecular complexity index is 586. The number of guanidine groups is 1. The Hall–Kier alpha value is -0.420. The molecule has 0 saturated carbocycles. The normalized spacial score (nSPS) is 21.0. The fraction of sp³-hybridized carbons (Fsp3) is 0.762. The van der Waals surface area contributed by atoms with Gasteiger partial charge in [0.05, 0.1) is 19.3 Å². The largest absolute Gasteiger partial charge is 0.379 e. The molecule has 8 heteroatoms. The van der Waals surface area contributed by atoms with Crippen LogP contribution < -0.4 is 10.6 Å². The standard InChI is InChI=1S/C21H37N5OS.HI/c1-17(2)18(26-10-12-27-13-11-26)15-23-21(22-3)24-16-19(20-7-6-14-28-20)25-8-4-5-9-25;/h6-7,14,17-19H,4-5,8-13,15-16H2,1-3H3,(H2,22,23,24);1H. The number of rotatable bonds is 8. The van der Waals surface area contributed by atoms with Crippen LogP contribution in [0.15, 0.2) is 22.5 Å². The number of morpholine rings is 1. The molecular formula is C21H38IN5OS. The highest BCUT2D eigenvalue weighted by atomic mass is 127. The molecule has 6 nitrogen and oxygen atoms in total. The Balaban J connectivity index is 0.00000300. The van der Waals surface area contributed by atoms with Gasteiger partial charge in [-0.25, -0.2) is 0 Å². The molecule has 2 fully saturated rings. The molecule has 1 aromatic rings. The third-order valence-corrected chi connectivity index (χ3v) is 6.88. The molecule has 2 aliphatic rings. The molecule has 0 spiro atoms. The van der Waals surface area contributed by atoms with Crippen molar-refractivity contribution in [2.24, 2.45) is 10.9 Å². The van der Waals surface area contributed by atoms with Crippen molar-refractivity contribution in [1.82, 2.24) is 20.4 Å². The van der Waals surface area contributed by atoms with Gasteiger partial charge >= 0.3 is 0 Å². The molecule has 1 aromatic heterocycles. The van der Waals surface area contributed by atoms with Crippen LogP contribution in [-0.4, -0.2) is 81.3 Å². The molecule has 2 unspecified atom stereocenters. The molecule has 2 N–H and O–H groups in total. The molecule has 2 aliphatic heterocycles. The second-order valence-electron chi connectivity index (χ2n) is 8.07. The lowest BCUT2D eigenvalue weighted by molar-refractivity contribution is 0.00752. The van der Waals surface area contributed by atoms with E-state index in [1.54, 1.807) is 0 Å². The predicted molar refractivity (Wildman–Crippen MR) is 134 cm³/mol. The lowest BCUT2D eigenvalue weighted by atomic mass is 10.0. The number of hydrogen-bond acceptors (Lipinski definition) is 5. The summed E-state index contributed by atoms with van der Waals surface area (Å²) in [7, 11) is 1.87. The maximum atomic E-state index is 5.52. The van der Waals surface area contributed by atoms with E-state index in [1.807, 2.05) is 18.4 Å². The molecule has 0 aliphatic carbocycles. The Morgan fingerprint density at radius 1 is 1.10 bits per heavy atom. The Morgan fingerprint density at radius 3 is 2.38 bits per heavy atom. The van der Waals surface area contributed by atoms with Crippen LogP contribution in [0.1, 0.15) is 37.6 Å². The number of nitrogens with one attached hydrogen (secondary N) is 2. The first kappa shape index (κ1) is 24.8. The smallest absolute Gasteiger partial charge is 0.191 e. The quantitative estimate of drug-likeness (QED) is 0.305. The van der Waals surface area contributed by atoms with Gasteiger partial charge in [0.2, 0.25) is 0 Å². The number of thiophene rings is 1. The van der Waals surface area contributed by atoms with E-state index in [1.165, 1.54) is 30.8 Å². The molecule has 3 heterocycles. The minimum atomic E-state index is 0. The summed E-state index contributed by atoms with van der Waals surface area (Å²) in [4.78, 5) is 11.1. The summed E-state index contributed by atoms with van der Waals surface area (Å²) in [5.74, 6) is 1.49. The van der Waals surface area contributed by atoms with Gasteiger partial charge in [-0.2, -0.15) is 0 Å². The van der Waals surface area contributed by atoms with E-state index in [-0.39, 0.29) is 24.0 Å². The van der Waals surface area contributed by atoms with E-state index < -0.39 is 0 Å². The van der Waals surface area contributed by atoms with E-state index in [9.17, 15) is 0 Å². The van der Waals surface area contributed by atoms with Crippen LogP contribution in [0.3, 0.4) is 0 Å². The van der Waals surface area contributed by atoms with Crippen molar-refractivity contribution < 1.29 is 4.74 Å². The van der Waals surface area contributed by atoms with Crippen molar-refractivity contribution in [3.05, 3.63) is 22.4 Å². The molecule has 0 radical (unpaired) electrons. The van der Waals surface area contributed by atoms with Gasteiger partial charge in [-0.3, -0.25) is 14.8 Å². The summed E-state index contributed by atoms with van der Waals surface area (Å²) in [5, 5.41) is 9.35. The number of aliphatic imine (C=N–C) groups is 1. The third-order valence-electron chi connectivity index (χ3n) is 5.90. The molecule has 2 saturated heterocycles. The van der Waals surface area contributed by atoms with Crippen molar-refractivity contribution in [2.45, 2.75) is 38.8 Å². The molecule has 2 atom stereocenters. The van der Waals surface area contributed by atoms with Gasteiger partial charge in [0.1, 0.15) is 0 Å². The minimum Gasteiger partial charge on any atom is -0.379 e. The third kappa shape index (κ3) is 7.34. The number of hydrogen-bond donors (Lipinski definition) is 2. The second kappa shape index (κ2) is 13.1. The van der Waals surface area contributed by atoms with Gasteiger partial charge in [-0.05, 0) is 43.3 Å². The van der Waals surface area contributed by atoms with Crippen molar-refractivity contribution in [3.8, 4) is 0 Å². The van der Waals surface area contributed by atoms with Crippen molar-refractivity contribution in [1.29, 1.82) is 0 Å². The van der Waals surface area contributed by atoms with E-state index in [2.05, 4.69) is 56.8 Å². The van der Waals surface area contributed by atoms with Crippen LogP contribution in [0.2, 0.25) is 0 Å². The average Bonchev–Trinajstić information content (AvgIpc) is 3.42. The first-order valence-electron chi connectivity index (χ1n) is 10.7. The summed E-state index contributed by atoms with van der Waals surface area (Å²) in [6.07, 6.45) is 2.62. The van der Waals surface area contributed by atoms with Crippen molar-refractivity contribution >= 4 is 41.3 Å². The summed E-state index contributed by atoms with van der Waals surface area (Å²) in [5.41, 5.74) is 0. The maximum absolute atomic E-state index is 5.52. The highest BCUT2D eigenvalue weighted by Crippen LogP contribution is 2.27. The molecule has 29 heavy (non-hydrogen) atoms. The van der Waals surface area contributed by atoms with Gasteiger partial charge in [0, 0.05) is 44.1 Å². The summed E-state index contributed by atoms with van der Waals surface area (Å²) < 4.78 is 5.52. The van der Waals surface area contributed by atoms with Crippen LogP contribution in [0.5, 0.6) is 0 Å². The Kier molecular flexibility index (Phi) is 11.2. The molecule has 166 valence electrons. The lowest BCUT2D eigenvalue weighted by Crippen LogP contribution is -2.53. The number of likely N-dealkylation sites (tertiary alicyclic amines) is 1. The zero-order valence-corrected chi connectivity index (χ0v) is 21.2. The van der Waals surface area contributed by atoms with Crippen molar-refractivity contribution in [3.63, 3.8) is 0 Å².